The predicted octanol–water partition coefficient (Wildman–Crippen LogP) is 3.59. The van der Waals surface area contributed by atoms with E-state index in [0.717, 1.165) is 16.9 Å². The second-order valence-corrected chi connectivity index (χ2v) is 6.24. The zero-order chi connectivity index (χ0) is 19.7. The standard InChI is InChI=1S/C21H18N4O3/c1-3-24(14(2)26)16-7-4-6-15(12-16)18-9-10-22-21-17(13-23-25(18)21)20(27)19-8-5-11-28-19/h4-13H,3H2,1-2H3. The minimum atomic E-state index is -0.271. The Bertz CT molecular complexity index is 1160. The first kappa shape index (κ1) is 17.7. The van der Waals surface area contributed by atoms with Crippen LogP contribution in [-0.4, -0.2) is 32.8 Å². The Morgan fingerprint density at radius 1 is 1.18 bits per heavy atom. The maximum absolute atomic E-state index is 12.7. The molecular formula is C21H18N4O3. The lowest BCUT2D eigenvalue weighted by molar-refractivity contribution is -0.116. The molecule has 0 unspecified atom stereocenters. The Balaban J connectivity index is 1.81. The van der Waals surface area contributed by atoms with Gasteiger partial charge in [-0.2, -0.15) is 5.10 Å². The number of carbonyl (C=O) groups excluding carboxylic acids is 2. The van der Waals surface area contributed by atoms with Gasteiger partial charge >= 0.3 is 0 Å². The first-order valence-corrected chi connectivity index (χ1v) is 8.89. The molecule has 3 heterocycles. The number of amides is 1. The van der Waals surface area contributed by atoms with Gasteiger partial charge < -0.3 is 9.32 Å². The van der Waals surface area contributed by atoms with Crippen molar-refractivity contribution in [2.24, 2.45) is 0 Å². The van der Waals surface area contributed by atoms with Crippen molar-refractivity contribution >= 4 is 23.0 Å². The summed E-state index contributed by atoms with van der Waals surface area (Å²) in [4.78, 5) is 30.6. The molecule has 0 radical (unpaired) electrons. The number of fused-ring (bicyclic) bond motifs is 1. The molecule has 28 heavy (non-hydrogen) atoms. The van der Waals surface area contributed by atoms with Gasteiger partial charge in [0.05, 0.1) is 23.7 Å². The number of benzene rings is 1. The van der Waals surface area contributed by atoms with Crippen LogP contribution in [0.5, 0.6) is 0 Å². The van der Waals surface area contributed by atoms with E-state index in [-0.39, 0.29) is 17.5 Å². The molecule has 4 aromatic rings. The highest BCUT2D eigenvalue weighted by atomic mass is 16.3. The first-order valence-electron chi connectivity index (χ1n) is 8.89. The topological polar surface area (TPSA) is 80.7 Å². The zero-order valence-electron chi connectivity index (χ0n) is 15.5. The van der Waals surface area contributed by atoms with Crippen molar-refractivity contribution in [1.82, 2.24) is 14.6 Å². The van der Waals surface area contributed by atoms with Crippen LogP contribution >= 0.6 is 0 Å². The van der Waals surface area contributed by atoms with Gasteiger partial charge in [-0.15, -0.1) is 0 Å². The van der Waals surface area contributed by atoms with Gasteiger partial charge in [-0.3, -0.25) is 9.59 Å². The largest absolute Gasteiger partial charge is 0.461 e. The number of ketones is 1. The van der Waals surface area contributed by atoms with Crippen molar-refractivity contribution < 1.29 is 14.0 Å². The van der Waals surface area contributed by atoms with Crippen LogP contribution in [-0.2, 0) is 4.79 Å². The van der Waals surface area contributed by atoms with Gasteiger partial charge in [0, 0.05) is 30.9 Å². The number of nitrogens with zero attached hydrogens (tertiary/aromatic N) is 4. The van der Waals surface area contributed by atoms with E-state index in [4.69, 9.17) is 4.42 Å². The van der Waals surface area contributed by atoms with Gasteiger partial charge in [-0.25, -0.2) is 9.50 Å². The molecule has 4 rings (SSSR count). The summed E-state index contributed by atoms with van der Waals surface area (Å²) in [6.07, 6.45) is 4.59. The average Bonchev–Trinajstić information content (AvgIpc) is 3.38. The number of hydrogen-bond donors (Lipinski definition) is 0. The third-order valence-corrected chi connectivity index (χ3v) is 4.54. The predicted molar refractivity (Wildman–Crippen MR) is 104 cm³/mol. The van der Waals surface area contributed by atoms with Crippen LogP contribution in [0.1, 0.15) is 30.0 Å². The Labute approximate surface area is 161 Å². The van der Waals surface area contributed by atoms with Gasteiger partial charge in [0.15, 0.2) is 11.4 Å². The van der Waals surface area contributed by atoms with Crippen molar-refractivity contribution in [3.8, 4) is 11.3 Å². The summed E-state index contributed by atoms with van der Waals surface area (Å²) in [6, 6.07) is 12.7. The van der Waals surface area contributed by atoms with Gasteiger partial charge in [0.1, 0.15) is 0 Å². The Hall–Kier alpha value is -3.74. The quantitative estimate of drug-likeness (QED) is 0.499. The van der Waals surface area contributed by atoms with Crippen LogP contribution in [0.2, 0.25) is 0 Å². The third-order valence-electron chi connectivity index (χ3n) is 4.54. The average molecular weight is 374 g/mol. The molecule has 0 saturated carbocycles. The maximum Gasteiger partial charge on any atom is 0.233 e. The summed E-state index contributed by atoms with van der Waals surface area (Å²) < 4.78 is 6.83. The van der Waals surface area contributed by atoms with Crippen LogP contribution in [0, 0.1) is 0 Å². The second kappa shape index (κ2) is 7.11. The SMILES string of the molecule is CCN(C(C)=O)c1cccc(-c2ccnc3c(C(=O)c4ccco4)cnn23)c1. The summed E-state index contributed by atoms with van der Waals surface area (Å²) in [5.74, 6) is -0.0544. The Morgan fingerprint density at radius 3 is 2.75 bits per heavy atom. The summed E-state index contributed by atoms with van der Waals surface area (Å²) in [5.41, 5.74) is 3.25. The Kier molecular flexibility index (Phi) is 4.49. The van der Waals surface area contributed by atoms with E-state index in [9.17, 15) is 9.59 Å². The molecular weight excluding hydrogens is 356 g/mol. The monoisotopic (exact) mass is 374 g/mol. The van der Waals surface area contributed by atoms with E-state index in [1.807, 2.05) is 37.3 Å². The van der Waals surface area contributed by atoms with E-state index in [1.54, 1.807) is 34.7 Å². The summed E-state index contributed by atoms with van der Waals surface area (Å²) in [7, 11) is 0. The lowest BCUT2D eigenvalue weighted by Gasteiger charge is -2.19. The van der Waals surface area contributed by atoms with Gasteiger partial charge in [-0.05, 0) is 37.3 Å². The van der Waals surface area contributed by atoms with Gasteiger partial charge in [0.2, 0.25) is 11.7 Å². The smallest absolute Gasteiger partial charge is 0.233 e. The first-order chi connectivity index (χ1) is 13.6. The molecule has 0 aliphatic carbocycles. The fraction of sp³-hybridized carbons (Fsp3) is 0.143. The number of hydrogen-bond acceptors (Lipinski definition) is 5. The van der Waals surface area contributed by atoms with Crippen molar-refractivity contribution in [2.45, 2.75) is 13.8 Å². The number of furan rings is 1. The molecule has 0 fully saturated rings. The maximum atomic E-state index is 12.7. The van der Waals surface area contributed by atoms with E-state index < -0.39 is 0 Å². The lowest BCUT2D eigenvalue weighted by atomic mass is 10.1. The van der Waals surface area contributed by atoms with Crippen molar-refractivity contribution in [1.29, 1.82) is 0 Å². The molecule has 3 aromatic heterocycles. The van der Waals surface area contributed by atoms with Crippen molar-refractivity contribution in [3.63, 3.8) is 0 Å². The summed E-state index contributed by atoms with van der Waals surface area (Å²) in [5, 5.41) is 4.37. The zero-order valence-corrected chi connectivity index (χ0v) is 15.5. The van der Waals surface area contributed by atoms with Gasteiger partial charge in [-0.1, -0.05) is 12.1 Å². The minimum absolute atomic E-state index is 0.0232. The highest BCUT2D eigenvalue weighted by Crippen LogP contribution is 2.26. The molecule has 7 nitrogen and oxygen atoms in total. The molecule has 0 atom stereocenters. The molecule has 0 aliphatic rings. The van der Waals surface area contributed by atoms with Crippen molar-refractivity contribution in [2.75, 3.05) is 11.4 Å². The fourth-order valence-corrected chi connectivity index (χ4v) is 3.23. The summed E-state index contributed by atoms with van der Waals surface area (Å²) in [6.45, 7) is 4.05. The molecule has 0 N–H and O–H groups in total. The highest BCUT2D eigenvalue weighted by Gasteiger charge is 2.20. The van der Waals surface area contributed by atoms with Crippen LogP contribution in [0.4, 0.5) is 5.69 Å². The molecule has 1 aromatic carbocycles. The van der Waals surface area contributed by atoms with Crippen molar-refractivity contribution in [3.05, 3.63) is 72.4 Å². The molecule has 140 valence electrons. The fourth-order valence-electron chi connectivity index (χ4n) is 3.23. The van der Waals surface area contributed by atoms with E-state index >= 15 is 0 Å². The highest BCUT2D eigenvalue weighted by molar-refractivity contribution is 6.10. The molecule has 0 bridgehead atoms. The van der Waals surface area contributed by atoms with E-state index in [0.29, 0.717) is 17.8 Å². The molecule has 0 spiro atoms. The van der Waals surface area contributed by atoms with Crippen LogP contribution in [0.25, 0.3) is 16.9 Å². The number of carbonyl (C=O) groups is 2. The van der Waals surface area contributed by atoms with Crippen LogP contribution < -0.4 is 4.90 Å². The van der Waals surface area contributed by atoms with E-state index in [1.165, 1.54) is 12.5 Å². The molecule has 0 saturated heterocycles. The number of anilines is 1. The third kappa shape index (κ3) is 2.96. The molecule has 0 aliphatic heterocycles. The Morgan fingerprint density at radius 2 is 2.04 bits per heavy atom. The normalized spacial score (nSPS) is 10.9. The number of aromatic nitrogens is 3. The molecule has 1 amide bonds. The lowest BCUT2D eigenvalue weighted by Crippen LogP contribution is -2.27. The van der Waals surface area contributed by atoms with Gasteiger partial charge in [0.25, 0.3) is 0 Å². The second-order valence-electron chi connectivity index (χ2n) is 6.24. The van der Waals surface area contributed by atoms with E-state index in [2.05, 4.69) is 10.1 Å². The summed E-state index contributed by atoms with van der Waals surface area (Å²) >= 11 is 0. The van der Waals surface area contributed by atoms with Crippen LogP contribution in [0.15, 0.2) is 65.5 Å². The van der Waals surface area contributed by atoms with Crippen LogP contribution in [0.3, 0.4) is 0 Å². The molecule has 7 heteroatoms. The minimum Gasteiger partial charge on any atom is -0.461 e. The number of rotatable bonds is 5.